The number of benzene rings is 1. The van der Waals surface area contributed by atoms with Gasteiger partial charge in [0, 0.05) is 31.5 Å². The highest BCUT2D eigenvalue weighted by atomic mass is 15.3. The molecule has 0 fully saturated rings. The molecule has 1 aromatic carbocycles. The Balaban J connectivity index is 2.08. The summed E-state index contributed by atoms with van der Waals surface area (Å²) in [5.74, 6) is 0.623. The zero-order chi connectivity index (χ0) is 14.1. The van der Waals surface area contributed by atoms with Crippen molar-refractivity contribution in [3.63, 3.8) is 0 Å². The average molecular weight is 263 g/mol. The van der Waals surface area contributed by atoms with E-state index in [1.807, 2.05) is 43.3 Å². The van der Waals surface area contributed by atoms with Crippen LogP contribution in [0.25, 0.3) is 17.0 Å². The third-order valence-electron chi connectivity index (χ3n) is 3.12. The minimum Gasteiger partial charge on any atom is -0.378 e. The average Bonchev–Trinajstić information content (AvgIpc) is 2.91. The Morgan fingerprint density at radius 3 is 2.55 bits per heavy atom. The van der Waals surface area contributed by atoms with E-state index in [0.29, 0.717) is 17.0 Å². The predicted octanol–water partition coefficient (Wildman–Crippen LogP) is 2.33. The number of hydrogen-bond donors (Lipinski definition) is 0. The van der Waals surface area contributed by atoms with E-state index in [9.17, 15) is 0 Å². The number of anilines is 1. The molecular formula is C15H13N5. The van der Waals surface area contributed by atoms with E-state index >= 15 is 0 Å². The third kappa shape index (κ3) is 1.97. The zero-order valence-corrected chi connectivity index (χ0v) is 11.3. The van der Waals surface area contributed by atoms with E-state index in [-0.39, 0.29) is 0 Å². The van der Waals surface area contributed by atoms with Crippen LogP contribution in [0.15, 0.2) is 42.6 Å². The van der Waals surface area contributed by atoms with Crippen LogP contribution in [0.4, 0.5) is 5.69 Å². The molecule has 3 aromatic rings. The van der Waals surface area contributed by atoms with Gasteiger partial charge in [-0.15, -0.1) is 5.10 Å². The van der Waals surface area contributed by atoms with Gasteiger partial charge in [-0.1, -0.05) is 0 Å². The topological polar surface area (TPSA) is 57.2 Å². The smallest absolute Gasteiger partial charge is 0.182 e. The summed E-state index contributed by atoms with van der Waals surface area (Å²) >= 11 is 0. The first kappa shape index (κ1) is 12.2. The molecule has 5 nitrogen and oxygen atoms in total. The van der Waals surface area contributed by atoms with Crippen LogP contribution >= 0.6 is 0 Å². The molecule has 2 aromatic heterocycles. The van der Waals surface area contributed by atoms with Gasteiger partial charge in [0.05, 0.1) is 5.56 Å². The predicted molar refractivity (Wildman–Crippen MR) is 77.5 cm³/mol. The molecule has 0 radical (unpaired) electrons. The van der Waals surface area contributed by atoms with Crippen LogP contribution in [0.1, 0.15) is 5.56 Å². The second kappa shape index (κ2) is 4.67. The van der Waals surface area contributed by atoms with Gasteiger partial charge < -0.3 is 4.90 Å². The van der Waals surface area contributed by atoms with E-state index in [4.69, 9.17) is 5.26 Å². The van der Waals surface area contributed by atoms with Gasteiger partial charge in [-0.25, -0.2) is 9.50 Å². The van der Waals surface area contributed by atoms with Crippen LogP contribution in [0.3, 0.4) is 0 Å². The maximum Gasteiger partial charge on any atom is 0.182 e. The first-order valence-corrected chi connectivity index (χ1v) is 6.22. The van der Waals surface area contributed by atoms with Crippen LogP contribution in [0.2, 0.25) is 0 Å². The van der Waals surface area contributed by atoms with Crippen molar-refractivity contribution < 1.29 is 0 Å². The van der Waals surface area contributed by atoms with Gasteiger partial charge in [-0.3, -0.25) is 0 Å². The van der Waals surface area contributed by atoms with Crippen LogP contribution < -0.4 is 4.90 Å². The fourth-order valence-corrected chi connectivity index (χ4v) is 2.02. The largest absolute Gasteiger partial charge is 0.378 e. The summed E-state index contributed by atoms with van der Waals surface area (Å²) in [4.78, 5) is 6.48. The molecule has 0 unspecified atom stereocenters. The van der Waals surface area contributed by atoms with Crippen molar-refractivity contribution in [1.82, 2.24) is 14.6 Å². The minimum atomic E-state index is 0.524. The Morgan fingerprint density at radius 1 is 1.15 bits per heavy atom. The highest BCUT2D eigenvalue weighted by molar-refractivity contribution is 5.64. The molecular weight excluding hydrogens is 250 g/mol. The number of rotatable bonds is 2. The zero-order valence-electron chi connectivity index (χ0n) is 11.3. The normalized spacial score (nSPS) is 10.4. The highest BCUT2D eigenvalue weighted by Crippen LogP contribution is 2.21. The number of aromatic nitrogens is 3. The van der Waals surface area contributed by atoms with E-state index in [1.165, 1.54) is 0 Å². The first-order valence-electron chi connectivity index (χ1n) is 6.22. The van der Waals surface area contributed by atoms with Crippen molar-refractivity contribution >= 4 is 11.3 Å². The Labute approximate surface area is 116 Å². The maximum atomic E-state index is 9.08. The van der Waals surface area contributed by atoms with E-state index in [1.54, 1.807) is 22.8 Å². The van der Waals surface area contributed by atoms with Crippen LogP contribution in [0.5, 0.6) is 0 Å². The molecule has 5 heteroatoms. The molecule has 3 rings (SSSR count). The standard InChI is InChI=1S/C15H13N5/c1-19(2)13-7-5-11(6-8-13)14-17-15-12(10-16)4-3-9-20(15)18-14/h3-9H,1-2H3. The Kier molecular flexibility index (Phi) is 2.84. The lowest BCUT2D eigenvalue weighted by atomic mass is 10.2. The van der Waals surface area contributed by atoms with Crippen molar-refractivity contribution in [2.24, 2.45) is 0 Å². The quantitative estimate of drug-likeness (QED) is 0.712. The van der Waals surface area contributed by atoms with Gasteiger partial charge >= 0.3 is 0 Å². The SMILES string of the molecule is CN(C)c1ccc(-c2nc3c(C#N)cccn3n2)cc1. The molecule has 0 spiro atoms. The lowest BCUT2D eigenvalue weighted by molar-refractivity contribution is 0.963. The molecule has 0 saturated carbocycles. The first-order chi connectivity index (χ1) is 9.69. The Hall–Kier alpha value is -2.87. The molecule has 0 amide bonds. The molecule has 98 valence electrons. The van der Waals surface area contributed by atoms with Crippen molar-refractivity contribution in [3.05, 3.63) is 48.2 Å². The van der Waals surface area contributed by atoms with Gasteiger partial charge in [0.1, 0.15) is 6.07 Å². The van der Waals surface area contributed by atoms with Gasteiger partial charge in [0.15, 0.2) is 11.5 Å². The van der Waals surface area contributed by atoms with Crippen LogP contribution in [-0.4, -0.2) is 28.7 Å². The lowest BCUT2D eigenvalue weighted by Crippen LogP contribution is -2.07. The summed E-state index contributed by atoms with van der Waals surface area (Å²) in [6.45, 7) is 0. The highest BCUT2D eigenvalue weighted by Gasteiger charge is 2.09. The van der Waals surface area contributed by atoms with Gasteiger partial charge in [-0.2, -0.15) is 5.26 Å². The van der Waals surface area contributed by atoms with Gasteiger partial charge in [0.2, 0.25) is 0 Å². The van der Waals surface area contributed by atoms with Crippen LogP contribution in [-0.2, 0) is 0 Å². The van der Waals surface area contributed by atoms with E-state index < -0.39 is 0 Å². The number of nitrogens with zero attached hydrogens (tertiary/aromatic N) is 5. The Morgan fingerprint density at radius 2 is 1.90 bits per heavy atom. The summed E-state index contributed by atoms with van der Waals surface area (Å²) in [6, 6.07) is 13.7. The minimum absolute atomic E-state index is 0.524. The summed E-state index contributed by atoms with van der Waals surface area (Å²) in [6.07, 6.45) is 1.79. The second-order valence-corrected chi connectivity index (χ2v) is 4.68. The van der Waals surface area contributed by atoms with Crippen molar-refractivity contribution in [3.8, 4) is 17.5 Å². The number of pyridine rings is 1. The lowest BCUT2D eigenvalue weighted by Gasteiger charge is -2.11. The van der Waals surface area contributed by atoms with Crippen molar-refractivity contribution in [2.75, 3.05) is 19.0 Å². The second-order valence-electron chi connectivity index (χ2n) is 4.68. The molecule has 0 aliphatic heterocycles. The van der Waals surface area contributed by atoms with E-state index in [2.05, 4.69) is 16.2 Å². The van der Waals surface area contributed by atoms with Gasteiger partial charge in [-0.05, 0) is 36.4 Å². The summed E-state index contributed by atoms with van der Waals surface area (Å²) < 4.78 is 1.63. The summed E-state index contributed by atoms with van der Waals surface area (Å²) in [5.41, 5.74) is 3.16. The molecule has 0 aliphatic rings. The van der Waals surface area contributed by atoms with Crippen molar-refractivity contribution in [1.29, 1.82) is 5.26 Å². The molecule has 0 atom stereocenters. The Bertz CT molecular complexity index is 793. The summed E-state index contributed by atoms with van der Waals surface area (Å²) in [5, 5.41) is 13.5. The fraction of sp³-hybridized carbons (Fsp3) is 0.133. The molecule has 0 N–H and O–H groups in total. The van der Waals surface area contributed by atoms with E-state index in [0.717, 1.165) is 11.3 Å². The van der Waals surface area contributed by atoms with Crippen LogP contribution in [0, 0.1) is 11.3 Å². The van der Waals surface area contributed by atoms with Crippen molar-refractivity contribution in [2.45, 2.75) is 0 Å². The molecule has 0 bridgehead atoms. The third-order valence-corrected chi connectivity index (χ3v) is 3.12. The monoisotopic (exact) mass is 263 g/mol. The molecule has 20 heavy (non-hydrogen) atoms. The number of hydrogen-bond acceptors (Lipinski definition) is 4. The molecule has 0 aliphatic carbocycles. The fourth-order valence-electron chi connectivity index (χ4n) is 2.02. The van der Waals surface area contributed by atoms with Gasteiger partial charge in [0.25, 0.3) is 0 Å². The maximum absolute atomic E-state index is 9.08. The number of nitriles is 1. The molecule has 0 saturated heterocycles. The number of fused-ring (bicyclic) bond motifs is 1. The molecule has 2 heterocycles. The summed E-state index contributed by atoms with van der Waals surface area (Å²) in [7, 11) is 3.99.